The van der Waals surface area contributed by atoms with Crippen LogP contribution in [0.3, 0.4) is 0 Å². The molecule has 0 bridgehead atoms. The predicted octanol–water partition coefficient (Wildman–Crippen LogP) is 2.10. The van der Waals surface area contributed by atoms with Crippen LogP contribution < -0.4 is 5.14 Å². The van der Waals surface area contributed by atoms with Gasteiger partial charge in [-0.15, -0.1) is 0 Å². The number of aryl methyl sites for hydroxylation is 2. The van der Waals surface area contributed by atoms with Gasteiger partial charge in [-0.3, -0.25) is 4.79 Å². The molecule has 1 aromatic rings. The Labute approximate surface area is 114 Å². The van der Waals surface area contributed by atoms with Crippen LogP contribution in [0.5, 0.6) is 0 Å². The first-order chi connectivity index (χ1) is 9.01. The fraction of sp³-hybridized carbons (Fsp3) is 0.417. The summed E-state index contributed by atoms with van der Waals surface area (Å²) in [7, 11) is -3.87. The third-order valence-corrected chi connectivity index (χ3v) is 3.80. The van der Waals surface area contributed by atoms with Gasteiger partial charge >= 0.3 is 6.18 Å². The summed E-state index contributed by atoms with van der Waals surface area (Å²) in [5, 5.41) is 5.03. The number of hydrogen-bond donors (Lipinski definition) is 1. The Morgan fingerprint density at radius 1 is 1.30 bits per heavy atom. The van der Waals surface area contributed by atoms with E-state index in [0.717, 1.165) is 0 Å². The second kappa shape index (κ2) is 5.92. The summed E-state index contributed by atoms with van der Waals surface area (Å²) >= 11 is 0. The Hall–Kier alpha value is -1.41. The maximum Gasteiger partial charge on any atom is 0.449 e. The Balaban J connectivity index is 2.74. The van der Waals surface area contributed by atoms with E-state index in [0.29, 0.717) is 11.1 Å². The molecule has 8 heteroatoms. The van der Waals surface area contributed by atoms with Crippen molar-refractivity contribution in [3.63, 3.8) is 0 Å². The predicted molar refractivity (Wildman–Crippen MR) is 66.6 cm³/mol. The molecule has 0 aliphatic rings. The number of sulfonamides is 1. The van der Waals surface area contributed by atoms with E-state index >= 15 is 0 Å². The second-order valence-electron chi connectivity index (χ2n) is 4.42. The first kappa shape index (κ1) is 16.6. The number of ketones is 1. The molecule has 0 saturated carbocycles. The van der Waals surface area contributed by atoms with Gasteiger partial charge in [0.1, 0.15) is 0 Å². The Morgan fingerprint density at radius 2 is 1.90 bits per heavy atom. The van der Waals surface area contributed by atoms with Crippen molar-refractivity contribution in [2.45, 2.75) is 37.3 Å². The third-order valence-electron chi connectivity index (χ3n) is 2.74. The van der Waals surface area contributed by atoms with Crippen molar-refractivity contribution >= 4 is 15.8 Å². The van der Waals surface area contributed by atoms with E-state index in [-0.39, 0.29) is 17.7 Å². The lowest BCUT2D eigenvalue weighted by atomic mass is 10.0. The first-order valence-electron chi connectivity index (χ1n) is 5.74. The number of carbonyl (C=O) groups excluding carboxylic acids is 1. The fourth-order valence-corrected chi connectivity index (χ4v) is 2.53. The average molecular weight is 309 g/mol. The number of rotatable bonds is 5. The highest BCUT2D eigenvalue weighted by Gasteiger charge is 2.37. The van der Waals surface area contributed by atoms with Gasteiger partial charge in [-0.25, -0.2) is 13.6 Å². The van der Waals surface area contributed by atoms with Crippen LogP contribution in [-0.2, 0) is 21.2 Å². The zero-order chi connectivity index (χ0) is 15.6. The number of benzene rings is 1. The number of carbonyl (C=O) groups is 1. The summed E-state index contributed by atoms with van der Waals surface area (Å²) in [5.41, 5.74) is 0.984. The van der Waals surface area contributed by atoms with Gasteiger partial charge in [0.25, 0.3) is 0 Å². The van der Waals surface area contributed by atoms with Crippen LogP contribution in [0.15, 0.2) is 23.1 Å². The van der Waals surface area contributed by atoms with Gasteiger partial charge in [0.05, 0.1) is 4.90 Å². The summed E-state index contributed by atoms with van der Waals surface area (Å²) in [4.78, 5) is 10.6. The van der Waals surface area contributed by atoms with Crippen LogP contribution in [0.4, 0.5) is 13.2 Å². The van der Waals surface area contributed by atoms with Crippen LogP contribution in [-0.4, -0.2) is 20.4 Å². The van der Waals surface area contributed by atoms with E-state index in [2.05, 4.69) is 0 Å². The lowest BCUT2D eigenvalue weighted by molar-refractivity contribution is -0.171. The largest absolute Gasteiger partial charge is 0.449 e. The smallest absolute Gasteiger partial charge is 0.290 e. The monoisotopic (exact) mass is 309 g/mol. The maximum atomic E-state index is 12.0. The van der Waals surface area contributed by atoms with Crippen molar-refractivity contribution in [1.82, 2.24) is 0 Å². The molecule has 4 nitrogen and oxygen atoms in total. The number of primary sulfonamides is 1. The number of Topliss-reactive ketones (excluding diaryl/α,β-unsaturated/α-hetero) is 1. The molecule has 0 radical (unpaired) electrons. The third kappa shape index (κ3) is 4.61. The van der Waals surface area contributed by atoms with Gasteiger partial charge in [-0.05, 0) is 37.0 Å². The Bertz CT molecular complexity index is 609. The van der Waals surface area contributed by atoms with Crippen LogP contribution in [0.2, 0.25) is 0 Å². The maximum absolute atomic E-state index is 12.0. The molecule has 1 aromatic carbocycles. The SMILES string of the molecule is Cc1ccc(CCCC(=O)C(F)(F)F)cc1S(N)(=O)=O. The number of hydrogen-bond acceptors (Lipinski definition) is 3. The van der Waals surface area contributed by atoms with Crippen LogP contribution in [0.25, 0.3) is 0 Å². The summed E-state index contributed by atoms with van der Waals surface area (Å²) in [6.07, 6.45) is -5.28. The van der Waals surface area contributed by atoms with Gasteiger partial charge < -0.3 is 0 Å². The van der Waals surface area contributed by atoms with Crippen molar-refractivity contribution in [3.8, 4) is 0 Å². The quantitative estimate of drug-likeness (QED) is 0.904. The minimum Gasteiger partial charge on any atom is -0.290 e. The highest BCUT2D eigenvalue weighted by molar-refractivity contribution is 7.89. The zero-order valence-electron chi connectivity index (χ0n) is 10.7. The number of nitrogens with two attached hydrogens (primary N) is 1. The van der Waals surface area contributed by atoms with Crippen LogP contribution in [0.1, 0.15) is 24.0 Å². The number of alkyl halides is 3. The highest BCUT2D eigenvalue weighted by Crippen LogP contribution is 2.21. The molecule has 20 heavy (non-hydrogen) atoms. The van der Waals surface area contributed by atoms with Gasteiger partial charge in [-0.2, -0.15) is 13.2 Å². The molecule has 0 unspecified atom stereocenters. The molecule has 0 atom stereocenters. The molecule has 0 aliphatic carbocycles. The van der Waals surface area contributed by atoms with Gasteiger partial charge in [0.15, 0.2) is 0 Å². The molecule has 0 aromatic heterocycles. The van der Waals surface area contributed by atoms with Crippen molar-refractivity contribution in [2.75, 3.05) is 0 Å². The van der Waals surface area contributed by atoms with Crippen LogP contribution in [0, 0.1) is 6.92 Å². The summed E-state index contributed by atoms with van der Waals surface area (Å²) in [5.74, 6) is -1.78. The zero-order valence-corrected chi connectivity index (χ0v) is 11.5. The minimum absolute atomic E-state index is 0.00847. The molecule has 0 aliphatic heterocycles. The molecule has 1 rings (SSSR count). The number of halogens is 3. The molecule has 0 heterocycles. The van der Waals surface area contributed by atoms with E-state index in [4.69, 9.17) is 5.14 Å². The molecule has 112 valence electrons. The second-order valence-corrected chi connectivity index (χ2v) is 5.95. The van der Waals surface area contributed by atoms with Crippen molar-refractivity contribution < 1.29 is 26.4 Å². The molecular weight excluding hydrogens is 295 g/mol. The standard InChI is InChI=1S/C12H14F3NO3S/c1-8-5-6-9(7-10(8)20(16,18)19)3-2-4-11(17)12(13,14)15/h5-7H,2-4H2,1H3,(H2,16,18,19). The summed E-state index contributed by atoms with van der Waals surface area (Å²) < 4.78 is 58.6. The Morgan fingerprint density at radius 3 is 2.40 bits per heavy atom. The lowest BCUT2D eigenvalue weighted by Crippen LogP contribution is -2.22. The summed E-state index contributed by atoms with van der Waals surface area (Å²) in [6.45, 7) is 1.57. The van der Waals surface area contributed by atoms with Crippen LogP contribution >= 0.6 is 0 Å². The van der Waals surface area contributed by atoms with E-state index in [9.17, 15) is 26.4 Å². The van der Waals surface area contributed by atoms with Crippen molar-refractivity contribution in [1.29, 1.82) is 0 Å². The van der Waals surface area contributed by atoms with E-state index in [1.165, 1.54) is 12.1 Å². The van der Waals surface area contributed by atoms with Gasteiger partial charge in [-0.1, -0.05) is 12.1 Å². The molecule has 0 amide bonds. The molecule has 2 N–H and O–H groups in total. The molecule has 0 saturated heterocycles. The van der Waals surface area contributed by atoms with Gasteiger partial charge in [0, 0.05) is 6.42 Å². The average Bonchev–Trinajstić information content (AvgIpc) is 2.28. The van der Waals surface area contributed by atoms with Crippen molar-refractivity contribution in [3.05, 3.63) is 29.3 Å². The van der Waals surface area contributed by atoms with Crippen molar-refractivity contribution in [2.24, 2.45) is 5.14 Å². The topological polar surface area (TPSA) is 77.2 Å². The lowest BCUT2D eigenvalue weighted by Gasteiger charge is -2.08. The highest BCUT2D eigenvalue weighted by atomic mass is 32.2. The molecule has 0 fully saturated rings. The normalized spacial score (nSPS) is 12.4. The molecule has 0 spiro atoms. The molecular formula is C12H14F3NO3S. The van der Waals surface area contributed by atoms with E-state index < -0.39 is 28.4 Å². The fourth-order valence-electron chi connectivity index (χ4n) is 1.70. The Kier molecular flexibility index (Phi) is 4.93. The summed E-state index contributed by atoms with van der Waals surface area (Å²) in [6, 6.07) is 4.45. The minimum atomic E-state index is -4.82. The van der Waals surface area contributed by atoms with E-state index in [1.807, 2.05) is 0 Å². The first-order valence-corrected chi connectivity index (χ1v) is 7.29. The van der Waals surface area contributed by atoms with E-state index in [1.54, 1.807) is 13.0 Å². The van der Waals surface area contributed by atoms with Gasteiger partial charge in [0.2, 0.25) is 15.8 Å².